The summed E-state index contributed by atoms with van der Waals surface area (Å²) in [4.78, 5) is 4.03. The van der Waals surface area contributed by atoms with E-state index >= 15 is 0 Å². The van der Waals surface area contributed by atoms with E-state index in [-0.39, 0.29) is 5.82 Å². The third-order valence-corrected chi connectivity index (χ3v) is 3.59. The molecule has 2 heterocycles. The maximum absolute atomic E-state index is 12.6. The van der Waals surface area contributed by atoms with E-state index in [0.717, 1.165) is 10.9 Å². The molecule has 0 aromatic carbocycles. The number of hydrogen-bond acceptors (Lipinski definition) is 4. The third kappa shape index (κ3) is 2.49. The van der Waals surface area contributed by atoms with Gasteiger partial charge in [-0.05, 0) is 15.9 Å². The molecule has 0 radical (unpaired) electrons. The molecular formula is C8H6BrF3N4S. The summed E-state index contributed by atoms with van der Waals surface area (Å²) in [7, 11) is 0. The standard InChI is InChI=1S/C8H6BrF3N4S/c9-5-2-17-8(14-5)7-15-13-3-16(7)4(1-10)6(11)12/h2-4,6H,1H2. The topological polar surface area (TPSA) is 43.6 Å². The van der Waals surface area contributed by atoms with Crippen LogP contribution in [0.4, 0.5) is 13.2 Å². The van der Waals surface area contributed by atoms with E-state index in [2.05, 4.69) is 31.1 Å². The third-order valence-electron chi connectivity index (χ3n) is 2.05. The fourth-order valence-corrected chi connectivity index (χ4v) is 2.50. The van der Waals surface area contributed by atoms with Crippen molar-refractivity contribution < 1.29 is 13.2 Å². The predicted molar refractivity (Wildman–Crippen MR) is 59.8 cm³/mol. The Bertz CT molecular complexity index is 500. The maximum Gasteiger partial charge on any atom is 0.261 e. The molecule has 2 rings (SSSR count). The van der Waals surface area contributed by atoms with Crippen molar-refractivity contribution in [1.29, 1.82) is 0 Å². The number of thiazole rings is 1. The average Bonchev–Trinajstić information content (AvgIpc) is 2.87. The van der Waals surface area contributed by atoms with E-state index in [1.165, 1.54) is 11.3 Å². The van der Waals surface area contributed by atoms with Gasteiger partial charge in [0.25, 0.3) is 6.43 Å². The van der Waals surface area contributed by atoms with Crippen molar-refractivity contribution in [2.45, 2.75) is 12.5 Å². The van der Waals surface area contributed by atoms with Gasteiger partial charge >= 0.3 is 0 Å². The summed E-state index contributed by atoms with van der Waals surface area (Å²) in [6.07, 6.45) is -1.74. The smallest absolute Gasteiger partial charge is 0.261 e. The van der Waals surface area contributed by atoms with Crippen molar-refractivity contribution in [2.75, 3.05) is 6.67 Å². The molecule has 9 heteroatoms. The zero-order valence-electron chi connectivity index (χ0n) is 8.23. The highest BCUT2D eigenvalue weighted by Gasteiger charge is 2.26. The van der Waals surface area contributed by atoms with Crippen molar-refractivity contribution in [2.24, 2.45) is 0 Å². The molecule has 0 spiro atoms. The Kier molecular flexibility index (Phi) is 3.77. The number of nitrogens with zero attached hydrogens (tertiary/aromatic N) is 4. The molecule has 1 atom stereocenters. The average molecular weight is 327 g/mol. The summed E-state index contributed by atoms with van der Waals surface area (Å²) in [6, 6.07) is -1.58. The van der Waals surface area contributed by atoms with Crippen LogP contribution in [0.5, 0.6) is 0 Å². The molecule has 2 aromatic rings. The maximum atomic E-state index is 12.6. The Morgan fingerprint density at radius 2 is 2.24 bits per heavy atom. The largest absolute Gasteiger partial charge is 0.300 e. The van der Waals surface area contributed by atoms with Crippen LogP contribution in [-0.2, 0) is 0 Å². The van der Waals surface area contributed by atoms with Crippen molar-refractivity contribution in [3.05, 3.63) is 16.3 Å². The Balaban J connectivity index is 2.40. The van der Waals surface area contributed by atoms with Crippen molar-refractivity contribution in [1.82, 2.24) is 19.7 Å². The van der Waals surface area contributed by atoms with Gasteiger partial charge in [-0.1, -0.05) is 0 Å². The zero-order chi connectivity index (χ0) is 12.4. The molecule has 0 aliphatic carbocycles. The summed E-state index contributed by atoms with van der Waals surface area (Å²) in [5.41, 5.74) is 0. The van der Waals surface area contributed by atoms with Crippen LogP contribution in [0.15, 0.2) is 16.3 Å². The fraction of sp³-hybridized carbons (Fsp3) is 0.375. The first-order valence-electron chi connectivity index (χ1n) is 4.48. The molecule has 0 saturated carbocycles. The van der Waals surface area contributed by atoms with Gasteiger partial charge < -0.3 is 0 Å². The normalized spacial score (nSPS) is 13.2. The van der Waals surface area contributed by atoms with Crippen LogP contribution in [0.1, 0.15) is 6.04 Å². The van der Waals surface area contributed by atoms with Crippen LogP contribution in [0.25, 0.3) is 10.8 Å². The SMILES string of the molecule is FCC(C(F)F)n1cnnc1-c1nc(Br)cs1. The van der Waals surface area contributed by atoms with Crippen molar-refractivity contribution in [3.8, 4) is 10.8 Å². The fourth-order valence-electron chi connectivity index (χ4n) is 1.26. The molecule has 2 aromatic heterocycles. The van der Waals surface area contributed by atoms with E-state index in [4.69, 9.17) is 0 Å². The molecule has 0 fully saturated rings. The van der Waals surface area contributed by atoms with Crippen LogP contribution in [-0.4, -0.2) is 32.8 Å². The number of aromatic nitrogens is 4. The first-order chi connectivity index (χ1) is 8.13. The first kappa shape index (κ1) is 12.5. The van der Waals surface area contributed by atoms with Gasteiger partial charge in [-0.2, -0.15) is 0 Å². The van der Waals surface area contributed by atoms with Gasteiger partial charge in [0.2, 0.25) is 0 Å². The van der Waals surface area contributed by atoms with Crippen molar-refractivity contribution in [3.63, 3.8) is 0 Å². The van der Waals surface area contributed by atoms with Gasteiger partial charge in [-0.3, -0.25) is 4.57 Å². The predicted octanol–water partition coefficient (Wildman–Crippen LogP) is 2.94. The molecule has 0 N–H and O–H groups in total. The molecule has 0 bridgehead atoms. The van der Waals surface area contributed by atoms with Gasteiger partial charge in [-0.15, -0.1) is 21.5 Å². The second-order valence-corrected chi connectivity index (χ2v) is 4.76. The van der Waals surface area contributed by atoms with Gasteiger partial charge in [0.05, 0.1) is 0 Å². The summed E-state index contributed by atoms with van der Waals surface area (Å²) in [6.45, 7) is -1.19. The molecular weight excluding hydrogens is 321 g/mol. The Morgan fingerprint density at radius 1 is 1.47 bits per heavy atom. The molecule has 92 valence electrons. The highest BCUT2D eigenvalue weighted by atomic mass is 79.9. The summed E-state index contributed by atoms with van der Waals surface area (Å²) in [5, 5.41) is 9.31. The highest BCUT2D eigenvalue weighted by Crippen LogP contribution is 2.28. The second kappa shape index (κ2) is 5.13. The lowest BCUT2D eigenvalue weighted by Crippen LogP contribution is -2.19. The summed E-state index contributed by atoms with van der Waals surface area (Å²) >= 11 is 4.36. The van der Waals surface area contributed by atoms with E-state index in [9.17, 15) is 13.2 Å². The minimum Gasteiger partial charge on any atom is -0.300 e. The molecule has 0 amide bonds. The Morgan fingerprint density at radius 3 is 2.76 bits per heavy atom. The number of hydrogen-bond donors (Lipinski definition) is 0. The lowest BCUT2D eigenvalue weighted by molar-refractivity contribution is 0.0691. The Hall–Kier alpha value is -0.960. The number of alkyl halides is 3. The second-order valence-electron chi connectivity index (χ2n) is 3.09. The van der Waals surface area contributed by atoms with Crippen LogP contribution in [0.2, 0.25) is 0 Å². The summed E-state index contributed by atoms with van der Waals surface area (Å²) < 4.78 is 39.4. The Labute approximate surface area is 107 Å². The van der Waals surface area contributed by atoms with Crippen molar-refractivity contribution >= 4 is 27.3 Å². The number of rotatable bonds is 4. The zero-order valence-corrected chi connectivity index (χ0v) is 10.6. The molecule has 0 aliphatic rings. The van der Waals surface area contributed by atoms with Crippen LogP contribution in [0.3, 0.4) is 0 Å². The van der Waals surface area contributed by atoms with E-state index in [1.54, 1.807) is 5.38 Å². The van der Waals surface area contributed by atoms with E-state index in [1.807, 2.05) is 0 Å². The molecule has 1 unspecified atom stereocenters. The number of halogens is 4. The molecule has 0 saturated heterocycles. The summed E-state index contributed by atoms with van der Waals surface area (Å²) in [5.74, 6) is 0.142. The first-order valence-corrected chi connectivity index (χ1v) is 6.15. The lowest BCUT2D eigenvalue weighted by atomic mass is 10.3. The van der Waals surface area contributed by atoms with E-state index in [0.29, 0.717) is 9.61 Å². The van der Waals surface area contributed by atoms with Gasteiger partial charge in [0.1, 0.15) is 23.6 Å². The molecule has 17 heavy (non-hydrogen) atoms. The van der Waals surface area contributed by atoms with Crippen LogP contribution >= 0.6 is 27.3 Å². The molecule has 0 aliphatic heterocycles. The highest BCUT2D eigenvalue weighted by molar-refractivity contribution is 9.10. The minimum absolute atomic E-state index is 0.142. The van der Waals surface area contributed by atoms with Crippen LogP contribution < -0.4 is 0 Å². The quantitative estimate of drug-likeness (QED) is 0.867. The van der Waals surface area contributed by atoms with Crippen LogP contribution in [0, 0.1) is 0 Å². The van der Waals surface area contributed by atoms with Gasteiger partial charge in [0.15, 0.2) is 10.8 Å². The van der Waals surface area contributed by atoms with E-state index < -0.39 is 19.1 Å². The minimum atomic E-state index is -2.82. The monoisotopic (exact) mass is 326 g/mol. The molecule has 4 nitrogen and oxygen atoms in total. The lowest BCUT2D eigenvalue weighted by Gasteiger charge is -2.14. The van der Waals surface area contributed by atoms with Gasteiger partial charge in [0, 0.05) is 5.38 Å². The van der Waals surface area contributed by atoms with Gasteiger partial charge in [-0.25, -0.2) is 18.2 Å².